The van der Waals surface area contributed by atoms with Crippen LogP contribution in [0.2, 0.25) is 0 Å². The normalized spacial score (nSPS) is 16.7. The Bertz CT molecular complexity index is 1640. The zero-order valence-electron chi connectivity index (χ0n) is 19.5. The van der Waals surface area contributed by atoms with Gasteiger partial charge in [-0.3, -0.25) is 4.79 Å². The van der Waals surface area contributed by atoms with E-state index in [0.717, 1.165) is 9.40 Å². The minimum absolute atomic E-state index is 0.162. The van der Waals surface area contributed by atoms with Crippen LogP contribution >= 0.6 is 117 Å². The second kappa shape index (κ2) is 11.1. The van der Waals surface area contributed by atoms with Crippen molar-refractivity contribution in [1.82, 2.24) is 0 Å². The van der Waals surface area contributed by atoms with Gasteiger partial charge in [0, 0.05) is 19.8 Å². The molecule has 3 heterocycles. The molecule has 0 fully saturated rings. The van der Waals surface area contributed by atoms with Crippen molar-refractivity contribution in [2.75, 3.05) is 25.0 Å². The SMILES string of the molecule is CSC1=C(SC)SC(=c2c3ccccc3c(=C3SC(SC)=C(SC)S3)c3cc4sc(=O)sc4cc23)S1. The Labute approximate surface area is 251 Å². The highest BCUT2D eigenvalue weighted by atomic mass is 32.3. The maximum absolute atomic E-state index is 12.4. The van der Waals surface area contributed by atoms with Crippen molar-refractivity contribution in [3.63, 3.8) is 0 Å². The minimum Gasteiger partial charge on any atom is -0.265 e. The fourth-order valence-electron chi connectivity index (χ4n) is 4.23. The quantitative estimate of drug-likeness (QED) is 0.199. The van der Waals surface area contributed by atoms with Gasteiger partial charge < -0.3 is 0 Å². The summed E-state index contributed by atoms with van der Waals surface area (Å²) >= 11 is 17.6. The number of benzene rings is 3. The number of fused-ring (bicyclic) bond motifs is 3. The molecule has 1 nitrogen and oxygen atoms in total. The first-order valence-electron chi connectivity index (χ1n) is 10.6. The average Bonchev–Trinajstić information content (AvgIpc) is 3.60. The molecule has 0 saturated heterocycles. The Morgan fingerprint density at radius 1 is 0.556 bits per heavy atom. The standard InChI is InChI=1S/C25H18OS10/c1-27-21-22(28-2)34-19(33-21)17-11-7-5-6-8-12(11)18(20-35-23(29-3)24(30-4)36-20)14-10-16-15(9-13(14)17)31-25(26)32-16/h5-10H,1-4H3. The van der Waals surface area contributed by atoms with E-state index in [2.05, 4.69) is 61.4 Å². The molecule has 3 aromatic carbocycles. The highest BCUT2D eigenvalue weighted by molar-refractivity contribution is 8.46. The number of hydrogen-bond acceptors (Lipinski definition) is 11. The van der Waals surface area contributed by atoms with E-state index in [1.807, 2.05) is 94.1 Å². The van der Waals surface area contributed by atoms with Crippen LogP contribution in [0.5, 0.6) is 0 Å². The highest BCUT2D eigenvalue weighted by Gasteiger charge is 2.25. The Balaban J connectivity index is 1.81. The highest BCUT2D eigenvalue weighted by Crippen LogP contribution is 2.58. The van der Waals surface area contributed by atoms with Crippen molar-refractivity contribution in [3.05, 3.63) is 72.6 Å². The molecule has 0 unspecified atom stereocenters. The van der Waals surface area contributed by atoms with Crippen molar-refractivity contribution in [3.8, 4) is 0 Å². The average molecular weight is 655 g/mol. The summed E-state index contributed by atoms with van der Waals surface area (Å²) in [6.45, 7) is 0. The van der Waals surface area contributed by atoms with E-state index in [0.29, 0.717) is 0 Å². The summed E-state index contributed by atoms with van der Waals surface area (Å²) in [5.41, 5.74) is 0. The van der Waals surface area contributed by atoms with Crippen LogP contribution in [0.1, 0.15) is 0 Å². The number of rotatable bonds is 4. The molecule has 2 aliphatic heterocycles. The van der Waals surface area contributed by atoms with Gasteiger partial charge in [-0.25, -0.2) is 0 Å². The van der Waals surface area contributed by atoms with Crippen LogP contribution in [0, 0.1) is 0 Å². The van der Waals surface area contributed by atoms with Gasteiger partial charge in [0.2, 0.25) is 0 Å². The molecule has 0 aliphatic carbocycles. The van der Waals surface area contributed by atoms with Crippen molar-refractivity contribution in [1.29, 1.82) is 0 Å². The largest absolute Gasteiger partial charge is 0.288 e. The number of thioether (sulfide) groups is 8. The Morgan fingerprint density at radius 2 is 0.917 bits per heavy atom. The van der Waals surface area contributed by atoms with Crippen LogP contribution in [0.3, 0.4) is 0 Å². The minimum atomic E-state index is 0.162. The van der Waals surface area contributed by atoms with E-state index in [9.17, 15) is 4.79 Å². The third-order valence-electron chi connectivity index (χ3n) is 5.70. The van der Waals surface area contributed by atoms with Crippen molar-refractivity contribution >= 4 is 156 Å². The monoisotopic (exact) mass is 654 g/mol. The van der Waals surface area contributed by atoms with Gasteiger partial charge in [-0.1, -0.05) is 94.0 Å². The maximum Gasteiger partial charge on any atom is 0.288 e. The summed E-state index contributed by atoms with van der Waals surface area (Å²) in [6, 6.07) is 13.4. The molecule has 36 heavy (non-hydrogen) atoms. The third kappa shape index (κ3) is 4.57. The molecule has 0 atom stereocenters. The Hall–Kier alpha value is 0.310. The second-order valence-electron chi connectivity index (χ2n) is 7.54. The first-order chi connectivity index (χ1) is 17.6. The molecule has 4 aromatic rings. The summed E-state index contributed by atoms with van der Waals surface area (Å²) in [5.74, 6) is 0. The summed E-state index contributed by atoms with van der Waals surface area (Å²) in [5, 5.41) is 7.69. The second-order valence-corrected chi connectivity index (χ2v) is 18.7. The molecule has 184 valence electrons. The van der Waals surface area contributed by atoms with Gasteiger partial charge in [0.05, 0.1) is 25.4 Å². The lowest BCUT2D eigenvalue weighted by molar-refractivity contribution is 1.72. The summed E-state index contributed by atoms with van der Waals surface area (Å²) in [7, 11) is 0. The van der Waals surface area contributed by atoms with Crippen molar-refractivity contribution in [2.24, 2.45) is 0 Å². The summed E-state index contributed by atoms with van der Waals surface area (Å²) < 4.78 is 10.5. The van der Waals surface area contributed by atoms with Crippen LogP contribution < -0.4 is 14.5 Å². The number of hydrogen-bond donors (Lipinski definition) is 0. The predicted molar refractivity (Wildman–Crippen MR) is 186 cm³/mol. The first kappa shape index (κ1) is 26.5. The lowest BCUT2D eigenvalue weighted by atomic mass is 9.99. The smallest absolute Gasteiger partial charge is 0.265 e. The molecule has 6 rings (SSSR count). The van der Waals surface area contributed by atoms with E-state index in [1.54, 1.807) is 0 Å². The van der Waals surface area contributed by atoms with Gasteiger partial charge in [-0.15, -0.1) is 47.0 Å². The van der Waals surface area contributed by atoms with E-state index in [1.165, 1.54) is 80.1 Å². The predicted octanol–water partition coefficient (Wildman–Crippen LogP) is 9.43. The van der Waals surface area contributed by atoms with Gasteiger partial charge >= 0.3 is 0 Å². The van der Waals surface area contributed by atoms with Crippen LogP contribution in [0.15, 0.2) is 58.1 Å². The molecular formula is C25H18OS10. The molecular weight excluding hydrogens is 637 g/mol. The molecule has 1 aromatic heterocycles. The topological polar surface area (TPSA) is 17.1 Å². The molecule has 0 saturated carbocycles. The van der Waals surface area contributed by atoms with Crippen molar-refractivity contribution in [2.45, 2.75) is 0 Å². The summed E-state index contributed by atoms with van der Waals surface area (Å²) in [4.78, 5) is 12.4. The molecule has 11 heteroatoms. The molecule has 0 amide bonds. The molecule has 0 bridgehead atoms. The van der Waals surface area contributed by atoms with Crippen LogP contribution in [0.25, 0.3) is 39.4 Å². The summed E-state index contributed by atoms with van der Waals surface area (Å²) in [6.07, 6.45) is 8.66. The lowest BCUT2D eigenvalue weighted by Gasteiger charge is -2.12. The van der Waals surface area contributed by atoms with Gasteiger partial charge in [-0.05, 0) is 58.7 Å². The van der Waals surface area contributed by atoms with Gasteiger partial charge in [0.25, 0.3) is 4.06 Å². The van der Waals surface area contributed by atoms with E-state index < -0.39 is 0 Å². The fraction of sp³-hybridized carbons (Fsp3) is 0.160. The zero-order valence-corrected chi connectivity index (χ0v) is 27.6. The zero-order chi connectivity index (χ0) is 25.0. The Morgan fingerprint density at radius 3 is 1.25 bits per heavy atom. The van der Waals surface area contributed by atoms with E-state index in [4.69, 9.17) is 0 Å². The first-order valence-corrected chi connectivity index (χ1v) is 20.4. The van der Waals surface area contributed by atoms with Gasteiger partial charge in [0.1, 0.15) is 0 Å². The molecule has 0 radical (unpaired) electrons. The maximum atomic E-state index is 12.4. The van der Waals surface area contributed by atoms with Crippen LogP contribution in [-0.4, -0.2) is 25.0 Å². The van der Waals surface area contributed by atoms with Crippen molar-refractivity contribution < 1.29 is 0 Å². The molecule has 2 aliphatic rings. The van der Waals surface area contributed by atoms with E-state index in [-0.39, 0.29) is 4.06 Å². The van der Waals surface area contributed by atoms with Crippen LogP contribution in [0.4, 0.5) is 0 Å². The molecule has 0 N–H and O–H groups in total. The lowest BCUT2D eigenvalue weighted by Crippen LogP contribution is -2.16. The van der Waals surface area contributed by atoms with Gasteiger partial charge in [-0.2, -0.15) is 0 Å². The fourth-order valence-corrected chi connectivity index (χ4v) is 16.5. The van der Waals surface area contributed by atoms with Crippen LogP contribution in [-0.2, 0) is 0 Å². The van der Waals surface area contributed by atoms with Gasteiger partial charge in [0.15, 0.2) is 0 Å². The van der Waals surface area contributed by atoms with E-state index >= 15 is 0 Å². The Kier molecular flexibility index (Phi) is 8.15. The third-order valence-corrected chi connectivity index (χ3v) is 18.2. The molecule has 0 spiro atoms.